The van der Waals surface area contributed by atoms with Gasteiger partial charge in [0.1, 0.15) is 0 Å². The Bertz CT molecular complexity index is 527. The summed E-state index contributed by atoms with van der Waals surface area (Å²) in [6.45, 7) is 9.14. The van der Waals surface area contributed by atoms with Crippen molar-refractivity contribution >= 4 is 17.5 Å². The molecule has 2 amide bonds. The van der Waals surface area contributed by atoms with Gasteiger partial charge in [-0.25, -0.2) is 0 Å². The van der Waals surface area contributed by atoms with E-state index in [-0.39, 0.29) is 17.7 Å². The highest BCUT2D eigenvalue weighted by Crippen LogP contribution is 2.17. The van der Waals surface area contributed by atoms with E-state index in [1.807, 2.05) is 20.9 Å². The van der Waals surface area contributed by atoms with Gasteiger partial charge in [0, 0.05) is 30.3 Å². The molecule has 122 valence electrons. The number of nitrogens with one attached hydrogen (secondary N) is 3. The fraction of sp³-hybridized carbons (Fsp3) is 0.529. The zero-order valence-corrected chi connectivity index (χ0v) is 14.1. The van der Waals surface area contributed by atoms with E-state index in [2.05, 4.69) is 29.8 Å². The topological polar surface area (TPSA) is 70.2 Å². The monoisotopic (exact) mass is 305 g/mol. The molecule has 0 fully saturated rings. The van der Waals surface area contributed by atoms with E-state index >= 15 is 0 Å². The Kier molecular flexibility index (Phi) is 7.05. The molecule has 0 saturated carbocycles. The maximum Gasteiger partial charge on any atom is 0.251 e. The molecular formula is C17H27N3O2. The average Bonchev–Trinajstić information content (AvgIpc) is 2.46. The van der Waals surface area contributed by atoms with Crippen molar-refractivity contribution in [1.29, 1.82) is 0 Å². The van der Waals surface area contributed by atoms with Crippen molar-refractivity contribution in [3.63, 3.8) is 0 Å². The Morgan fingerprint density at radius 2 is 1.82 bits per heavy atom. The molecule has 1 rings (SSSR count). The highest BCUT2D eigenvalue weighted by Gasteiger charge is 2.14. The van der Waals surface area contributed by atoms with Crippen molar-refractivity contribution in [2.24, 2.45) is 11.8 Å². The summed E-state index contributed by atoms with van der Waals surface area (Å²) < 4.78 is 0. The van der Waals surface area contributed by atoms with E-state index < -0.39 is 0 Å². The van der Waals surface area contributed by atoms with Gasteiger partial charge < -0.3 is 16.0 Å². The first-order valence-electron chi connectivity index (χ1n) is 7.69. The van der Waals surface area contributed by atoms with Crippen molar-refractivity contribution in [3.8, 4) is 0 Å². The van der Waals surface area contributed by atoms with Gasteiger partial charge in [0.05, 0.1) is 0 Å². The fourth-order valence-electron chi connectivity index (χ4n) is 2.00. The van der Waals surface area contributed by atoms with Crippen LogP contribution in [0.2, 0.25) is 0 Å². The second-order valence-corrected chi connectivity index (χ2v) is 6.08. The second-order valence-electron chi connectivity index (χ2n) is 6.08. The maximum absolute atomic E-state index is 12.0. The molecule has 1 aromatic carbocycles. The zero-order chi connectivity index (χ0) is 16.7. The molecule has 0 bridgehead atoms. The zero-order valence-electron chi connectivity index (χ0n) is 14.1. The Balaban J connectivity index is 2.73. The van der Waals surface area contributed by atoms with Gasteiger partial charge >= 0.3 is 0 Å². The predicted octanol–water partition coefficient (Wildman–Crippen LogP) is 2.17. The van der Waals surface area contributed by atoms with Crippen molar-refractivity contribution in [1.82, 2.24) is 10.6 Å². The Morgan fingerprint density at radius 3 is 2.36 bits per heavy atom. The van der Waals surface area contributed by atoms with E-state index in [1.165, 1.54) is 0 Å². The minimum atomic E-state index is -0.113. The van der Waals surface area contributed by atoms with Crippen LogP contribution < -0.4 is 16.0 Å². The summed E-state index contributed by atoms with van der Waals surface area (Å²) in [5.41, 5.74) is 2.23. The maximum atomic E-state index is 12.0. The van der Waals surface area contributed by atoms with Crippen LogP contribution in [0.3, 0.4) is 0 Å². The van der Waals surface area contributed by atoms with Crippen molar-refractivity contribution in [2.45, 2.75) is 27.7 Å². The van der Waals surface area contributed by atoms with Crippen LogP contribution in [0.5, 0.6) is 0 Å². The summed E-state index contributed by atoms with van der Waals surface area (Å²) in [5.74, 6) is 0.184. The molecule has 0 aliphatic carbocycles. The van der Waals surface area contributed by atoms with E-state index in [1.54, 1.807) is 18.2 Å². The summed E-state index contributed by atoms with van der Waals surface area (Å²) in [6.07, 6.45) is 0. The first-order valence-corrected chi connectivity index (χ1v) is 7.69. The minimum absolute atomic E-state index is 0.0329. The van der Waals surface area contributed by atoms with Gasteiger partial charge in [-0.1, -0.05) is 20.8 Å². The van der Waals surface area contributed by atoms with Crippen LogP contribution in [0, 0.1) is 18.8 Å². The third-order valence-electron chi connectivity index (χ3n) is 3.38. The molecule has 0 saturated heterocycles. The van der Waals surface area contributed by atoms with Gasteiger partial charge in [0.25, 0.3) is 5.91 Å². The Hall–Kier alpha value is -1.88. The van der Waals surface area contributed by atoms with Gasteiger partial charge in [0.15, 0.2) is 0 Å². The SMILES string of the molecule is CNCC(C)C(=O)Nc1ccc(C(=O)NCC(C)C)cc1C. The molecule has 3 N–H and O–H groups in total. The second kappa shape index (κ2) is 8.54. The molecule has 0 aliphatic rings. The molecule has 0 spiro atoms. The summed E-state index contributed by atoms with van der Waals surface area (Å²) in [7, 11) is 1.82. The van der Waals surface area contributed by atoms with Gasteiger partial charge in [-0.3, -0.25) is 9.59 Å². The third kappa shape index (κ3) is 5.48. The third-order valence-corrected chi connectivity index (χ3v) is 3.38. The minimum Gasteiger partial charge on any atom is -0.352 e. The smallest absolute Gasteiger partial charge is 0.251 e. The van der Waals surface area contributed by atoms with Gasteiger partial charge in [-0.05, 0) is 43.7 Å². The lowest BCUT2D eigenvalue weighted by atomic mass is 10.1. The molecular weight excluding hydrogens is 278 g/mol. The van der Waals surface area contributed by atoms with E-state index in [0.717, 1.165) is 11.3 Å². The highest BCUT2D eigenvalue weighted by atomic mass is 16.2. The van der Waals surface area contributed by atoms with Crippen LogP contribution in [-0.4, -0.2) is 32.0 Å². The Morgan fingerprint density at radius 1 is 1.14 bits per heavy atom. The number of amides is 2. The summed E-state index contributed by atoms with van der Waals surface area (Å²) in [4.78, 5) is 24.0. The average molecular weight is 305 g/mol. The van der Waals surface area contributed by atoms with Gasteiger partial charge in [0.2, 0.25) is 5.91 Å². The number of hydrogen-bond acceptors (Lipinski definition) is 3. The van der Waals surface area contributed by atoms with Crippen LogP contribution >= 0.6 is 0 Å². The molecule has 0 aliphatic heterocycles. The van der Waals surface area contributed by atoms with Crippen LogP contribution in [0.1, 0.15) is 36.7 Å². The Labute approximate surface area is 132 Å². The fourth-order valence-corrected chi connectivity index (χ4v) is 2.00. The number of benzene rings is 1. The molecule has 5 nitrogen and oxygen atoms in total. The van der Waals surface area contributed by atoms with E-state index in [0.29, 0.717) is 24.6 Å². The van der Waals surface area contributed by atoms with Crippen LogP contribution in [0.4, 0.5) is 5.69 Å². The van der Waals surface area contributed by atoms with Crippen molar-refractivity contribution in [2.75, 3.05) is 25.5 Å². The van der Waals surface area contributed by atoms with Crippen LogP contribution in [-0.2, 0) is 4.79 Å². The quantitative estimate of drug-likeness (QED) is 0.723. The molecule has 1 atom stereocenters. The number of carbonyl (C=O) groups excluding carboxylic acids is 2. The number of aryl methyl sites for hydroxylation is 1. The van der Waals surface area contributed by atoms with E-state index in [9.17, 15) is 9.59 Å². The normalized spacial score (nSPS) is 12.1. The summed E-state index contributed by atoms with van der Waals surface area (Å²) in [6, 6.07) is 5.32. The van der Waals surface area contributed by atoms with Gasteiger partial charge in [-0.15, -0.1) is 0 Å². The number of anilines is 1. The lowest BCUT2D eigenvalue weighted by Gasteiger charge is -2.14. The first-order chi connectivity index (χ1) is 10.3. The lowest BCUT2D eigenvalue weighted by molar-refractivity contribution is -0.119. The molecule has 1 unspecified atom stereocenters. The van der Waals surface area contributed by atoms with Crippen LogP contribution in [0.15, 0.2) is 18.2 Å². The number of carbonyl (C=O) groups is 2. The van der Waals surface area contributed by atoms with E-state index in [4.69, 9.17) is 0 Å². The molecule has 22 heavy (non-hydrogen) atoms. The van der Waals surface area contributed by atoms with Gasteiger partial charge in [-0.2, -0.15) is 0 Å². The molecule has 0 radical (unpaired) electrons. The predicted molar refractivity (Wildman–Crippen MR) is 90.1 cm³/mol. The van der Waals surface area contributed by atoms with Crippen LogP contribution in [0.25, 0.3) is 0 Å². The van der Waals surface area contributed by atoms with Crippen molar-refractivity contribution in [3.05, 3.63) is 29.3 Å². The standard InChI is InChI=1S/C17H27N3O2/c1-11(2)9-19-17(22)14-6-7-15(12(3)8-14)20-16(21)13(4)10-18-5/h6-8,11,13,18H,9-10H2,1-5H3,(H,19,22)(H,20,21). The molecule has 0 heterocycles. The molecule has 5 heteroatoms. The largest absolute Gasteiger partial charge is 0.352 e. The van der Waals surface area contributed by atoms with Crippen molar-refractivity contribution < 1.29 is 9.59 Å². The molecule has 0 aromatic heterocycles. The number of hydrogen-bond donors (Lipinski definition) is 3. The first kappa shape index (κ1) is 18.2. The highest BCUT2D eigenvalue weighted by molar-refractivity contribution is 5.97. The lowest BCUT2D eigenvalue weighted by Crippen LogP contribution is -2.29. The summed E-state index contributed by atoms with van der Waals surface area (Å²) in [5, 5.41) is 8.77. The summed E-state index contributed by atoms with van der Waals surface area (Å²) >= 11 is 0. The molecule has 1 aromatic rings. The number of rotatable bonds is 7.